The Balaban J connectivity index is 1.90. The highest BCUT2D eigenvalue weighted by Gasteiger charge is 2.10. The molecule has 0 atom stereocenters. The molecule has 0 saturated heterocycles. The summed E-state index contributed by atoms with van der Waals surface area (Å²) in [6.07, 6.45) is 1.23. The highest BCUT2D eigenvalue weighted by molar-refractivity contribution is 7.90. The fourth-order valence-electron chi connectivity index (χ4n) is 3.08. The van der Waals surface area contributed by atoms with Crippen LogP contribution in [-0.4, -0.2) is 52.2 Å². The molecule has 0 heterocycles. The van der Waals surface area contributed by atoms with Gasteiger partial charge in [-0.3, -0.25) is 0 Å². The second-order valence-corrected chi connectivity index (χ2v) is 9.20. The minimum Gasteiger partial charge on any atom is -0.357 e. The topological polar surface area (TPSA) is 73.8 Å². The van der Waals surface area contributed by atoms with Crippen molar-refractivity contribution in [3.05, 3.63) is 65.2 Å². The molecule has 2 N–H and O–H groups in total. The lowest BCUT2D eigenvalue weighted by Gasteiger charge is -2.18. The Bertz CT molecular complexity index is 912. The average Bonchev–Trinajstić information content (AvgIpc) is 2.66. The van der Waals surface area contributed by atoms with Crippen molar-refractivity contribution in [2.75, 3.05) is 32.9 Å². The fourth-order valence-corrected chi connectivity index (χ4v) is 4.04. The number of nitrogens with one attached hydrogen (secondary N) is 2. The fraction of sp³-hybridized carbons (Fsp3) is 0.409. The van der Waals surface area contributed by atoms with Gasteiger partial charge in [0.05, 0.1) is 11.4 Å². The third-order valence-corrected chi connectivity index (χ3v) is 5.74. The van der Waals surface area contributed by atoms with Gasteiger partial charge >= 0.3 is 0 Å². The maximum absolute atomic E-state index is 11.8. The Kier molecular flexibility index (Phi) is 8.67. The molecule has 2 rings (SSSR count). The predicted molar refractivity (Wildman–Crippen MR) is 120 cm³/mol. The number of likely N-dealkylation sites (N-methyl/N-ethyl adjacent to an activating group) is 1. The van der Waals surface area contributed by atoms with Crippen molar-refractivity contribution in [1.82, 2.24) is 15.5 Å². The molecule has 6 nitrogen and oxygen atoms in total. The summed E-state index contributed by atoms with van der Waals surface area (Å²) in [6, 6.07) is 15.8. The predicted octanol–water partition coefficient (Wildman–Crippen LogP) is 2.59. The molecule has 0 saturated carbocycles. The Hall–Kier alpha value is -2.38. The number of benzene rings is 2. The highest BCUT2D eigenvalue weighted by Crippen LogP contribution is 2.17. The molecule has 7 heteroatoms. The summed E-state index contributed by atoms with van der Waals surface area (Å²) in [5.74, 6) is 0.755. The zero-order chi connectivity index (χ0) is 21.3. The lowest BCUT2D eigenvalue weighted by atomic mass is 10.1. The minimum atomic E-state index is -3.20. The normalized spacial score (nSPS) is 12.2. The van der Waals surface area contributed by atoms with Gasteiger partial charge in [-0.25, -0.2) is 13.4 Å². The largest absolute Gasteiger partial charge is 0.357 e. The summed E-state index contributed by atoms with van der Waals surface area (Å²) in [5, 5.41) is 6.61. The van der Waals surface area contributed by atoms with Crippen LogP contribution in [0.3, 0.4) is 0 Å². The molecule has 2 aromatic carbocycles. The SMILES string of the molecule is CCNC(=NCc1ccc(S(C)(=O)=O)c(C)c1)NCCN(C)Cc1ccccc1. The van der Waals surface area contributed by atoms with E-state index in [1.807, 2.05) is 32.0 Å². The van der Waals surface area contributed by atoms with Gasteiger partial charge in [-0.2, -0.15) is 0 Å². The molecule has 0 spiro atoms. The van der Waals surface area contributed by atoms with Crippen molar-refractivity contribution in [1.29, 1.82) is 0 Å². The number of guanidine groups is 1. The summed E-state index contributed by atoms with van der Waals surface area (Å²) < 4.78 is 23.5. The van der Waals surface area contributed by atoms with Crippen molar-refractivity contribution < 1.29 is 8.42 Å². The van der Waals surface area contributed by atoms with Crippen LogP contribution in [0.1, 0.15) is 23.6 Å². The number of nitrogens with zero attached hydrogens (tertiary/aromatic N) is 2. The molecule has 0 fully saturated rings. The van der Waals surface area contributed by atoms with Gasteiger partial charge < -0.3 is 15.5 Å². The molecule has 0 unspecified atom stereocenters. The number of rotatable bonds is 9. The molecule has 0 radical (unpaired) electrons. The van der Waals surface area contributed by atoms with Crippen LogP contribution >= 0.6 is 0 Å². The molecule has 0 aliphatic carbocycles. The first kappa shape index (κ1) is 22.9. The first-order chi connectivity index (χ1) is 13.8. The van der Waals surface area contributed by atoms with Crippen molar-refractivity contribution in [3.8, 4) is 0 Å². The van der Waals surface area contributed by atoms with Crippen LogP contribution in [-0.2, 0) is 22.9 Å². The molecule has 158 valence electrons. The van der Waals surface area contributed by atoms with E-state index in [9.17, 15) is 8.42 Å². The van der Waals surface area contributed by atoms with Crippen LogP contribution in [0.2, 0.25) is 0 Å². The van der Waals surface area contributed by atoms with E-state index in [-0.39, 0.29) is 0 Å². The molecule has 0 amide bonds. The Morgan fingerprint density at radius 1 is 1.07 bits per heavy atom. The third-order valence-electron chi connectivity index (χ3n) is 4.48. The monoisotopic (exact) mass is 416 g/mol. The van der Waals surface area contributed by atoms with Crippen LogP contribution in [0.4, 0.5) is 0 Å². The molecule has 0 aliphatic heterocycles. The van der Waals surface area contributed by atoms with Gasteiger partial charge in [0.1, 0.15) is 0 Å². The lowest BCUT2D eigenvalue weighted by molar-refractivity contribution is 0.331. The van der Waals surface area contributed by atoms with Crippen LogP contribution < -0.4 is 10.6 Å². The molecule has 0 aliphatic rings. The summed E-state index contributed by atoms with van der Waals surface area (Å²) in [5.41, 5.74) is 3.03. The first-order valence-electron chi connectivity index (χ1n) is 9.84. The summed E-state index contributed by atoms with van der Waals surface area (Å²) >= 11 is 0. The van der Waals surface area contributed by atoms with Crippen LogP contribution in [0.25, 0.3) is 0 Å². The molecule has 2 aromatic rings. The summed E-state index contributed by atoms with van der Waals surface area (Å²) in [6.45, 7) is 7.68. The second kappa shape index (κ2) is 11.0. The quantitative estimate of drug-likeness (QED) is 0.486. The van der Waals surface area contributed by atoms with E-state index in [0.717, 1.165) is 43.3 Å². The van der Waals surface area contributed by atoms with Crippen LogP contribution in [0.15, 0.2) is 58.4 Å². The summed E-state index contributed by atoms with van der Waals surface area (Å²) in [7, 11) is -1.10. The van der Waals surface area contributed by atoms with Crippen molar-refractivity contribution in [2.45, 2.75) is 31.8 Å². The zero-order valence-corrected chi connectivity index (χ0v) is 18.6. The lowest BCUT2D eigenvalue weighted by Crippen LogP contribution is -2.40. The standard InChI is InChI=1S/C22H32N4O2S/c1-5-23-22(24-13-14-26(3)17-19-9-7-6-8-10-19)25-16-20-11-12-21(18(2)15-20)29(4,27)28/h6-12,15H,5,13-14,16-17H2,1-4H3,(H2,23,24,25). The smallest absolute Gasteiger partial charge is 0.191 e. The second-order valence-electron chi connectivity index (χ2n) is 7.22. The Labute approximate surface area is 175 Å². The number of hydrogen-bond donors (Lipinski definition) is 2. The van der Waals surface area contributed by atoms with Gasteiger partial charge in [-0.15, -0.1) is 0 Å². The summed E-state index contributed by atoms with van der Waals surface area (Å²) in [4.78, 5) is 7.26. The van der Waals surface area contributed by atoms with Crippen molar-refractivity contribution in [2.24, 2.45) is 4.99 Å². The number of aryl methyl sites for hydroxylation is 1. The van der Waals surface area contributed by atoms with Gasteiger partial charge in [0, 0.05) is 32.4 Å². The van der Waals surface area contributed by atoms with E-state index in [2.05, 4.69) is 51.8 Å². The molecular formula is C22H32N4O2S. The zero-order valence-electron chi connectivity index (χ0n) is 17.8. The maximum Gasteiger partial charge on any atom is 0.191 e. The van der Waals surface area contributed by atoms with Crippen molar-refractivity contribution in [3.63, 3.8) is 0 Å². The molecular weight excluding hydrogens is 384 g/mol. The van der Waals surface area contributed by atoms with Crippen LogP contribution in [0.5, 0.6) is 0 Å². The van der Waals surface area contributed by atoms with Gasteiger partial charge in [-0.05, 0) is 43.7 Å². The van der Waals surface area contributed by atoms with Crippen LogP contribution in [0, 0.1) is 6.92 Å². The number of sulfone groups is 1. The highest BCUT2D eigenvalue weighted by atomic mass is 32.2. The molecule has 29 heavy (non-hydrogen) atoms. The van der Waals surface area contributed by atoms with E-state index in [0.29, 0.717) is 11.4 Å². The van der Waals surface area contributed by atoms with Gasteiger partial charge in [0.15, 0.2) is 15.8 Å². The van der Waals surface area contributed by atoms with E-state index in [1.54, 1.807) is 6.07 Å². The number of hydrogen-bond acceptors (Lipinski definition) is 4. The maximum atomic E-state index is 11.8. The van der Waals surface area contributed by atoms with E-state index in [4.69, 9.17) is 0 Å². The van der Waals surface area contributed by atoms with Gasteiger partial charge in [0.2, 0.25) is 0 Å². The molecule has 0 bridgehead atoms. The number of aliphatic imine (C=N–C) groups is 1. The average molecular weight is 417 g/mol. The van der Waals surface area contributed by atoms with Gasteiger partial charge in [0.25, 0.3) is 0 Å². The Morgan fingerprint density at radius 2 is 1.79 bits per heavy atom. The first-order valence-corrected chi connectivity index (χ1v) is 11.7. The minimum absolute atomic E-state index is 0.372. The Morgan fingerprint density at radius 3 is 2.41 bits per heavy atom. The third kappa shape index (κ3) is 7.87. The van der Waals surface area contributed by atoms with Crippen molar-refractivity contribution >= 4 is 15.8 Å². The van der Waals surface area contributed by atoms with E-state index >= 15 is 0 Å². The van der Waals surface area contributed by atoms with E-state index in [1.165, 1.54) is 11.8 Å². The molecule has 0 aromatic heterocycles. The van der Waals surface area contributed by atoms with E-state index < -0.39 is 9.84 Å². The van der Waals surface area contributed by atoms with Gasteiger partial charge in [-0.1, -0.05) is 42.5 Å².